The highest BCUT2D eigenvalue weighted by Gasteiger charge is 2.78. The molecule has 3 aromatic rings. The third-order valence-electron chi connectivity index (χ3n) is 8.17. The van der Waals surface area contributed by atoms with Crippen LogP contribution < -0.4 is 5.32 Å². The third kappa shape index (κ3) is 2.27. The maximum atomic E-state index is 14.6. The number of nitrogens with zero attached hydrogens (tertiary/aromatic N) is 1. The Bertz CT molecular complexity index is 1340. The quantitative estimate of drug-likeness (QED) is 0.483. The van der Waals surface area contributed by atoms with E-state index >= 15 is 0 Å². The normalized spacial score (nSPS) is 31.8. The van der Waals surface area contributed by atoms with E-state index in [-0.39, 0.29) is 23.7 Å². The van der Waals surface area contributed by atoms with E-state index < -0.39 is 11.0 Å². The number of hydrogen-bond acceptors (Lipinski definition) is 4. The maximum absolute atomic E-state index is 14.6. The van der Waals surface area contributed by atoms with E-state index in [0.717, 1.165) is 44.0 Å². The van der Waals surface area contributed by atoms with Gasteiger partial charge in [0.1, 0.15) is 5.54 Å². The van der Waals surface area contributed by atoms with Crippen molar-refractivity contribution in [3.8, 4) is 0 Å². The van der Waals surface area contributed by atoms with Gasteiger partial charge in [-0.05, 0) is 35.7 Å². The van der Waals surface area contributed by atoms with Crippen molar-refractivity contribution in [3.63, 3.8) is 0 Å². The number of ketones is 1. The van der Waals surface area contributed by atoms with Gasteiger partial charge in [0.2, 0.25) is 0 Å². The first-order valence-electron chi connectivity index (χ1n) is 11.2. The molecule has 3 heterocycles. The van der Waals surface area contributed by atoms with Crippen molar-refractivity contribution in [3.05, 3.63) is 99.5 Å². The molecule has 33 heavy (non-hydrogen) atoms. The molecular formula is C27H21BrN2O2S. The highest BCUT2D eigenvalue weighted by molar-refractivity contribution is 9.10. The number of Topliss-reactive ketones (excluding diaryl/α,β-unsaturated/α-hetero) is 1. The van der Waals surface area contributed by atoms with Gasteiger partial charge in [-0.1, -0.05) is 70.5 Å². The van der Waals surface area contributed by atoms with Gasteiger partial charge in [-0.2, -0.15) is 0 Å². The van der Waals surface area contributed by atoms with E-state index in [9.17, 15) is 9.59 Å². The van der Waals surface area contributed by atoms with Crippen molar-refractivity contribution >= 4 is 45.1 Å². The molecule has 4 nitrogen and oxygen atoms in total. The lowest BCUT2D eigenvalue weighted by atomic mass is 9.58. The van der Waals surface area contributed by atoms with Crippen LogP contribution in [0.25, 0.3) is 0 Å². The first kappa shape index (κ1) is 20.0. The summed E-state index contributed by atoms with van der Waals surface area (Å²) in [6.07, 6.45) is 0.572. The molecule has 3 aromatic carbocycles. The van der Waals surface area contributed by atoms with Crippen molar-refractivity contribution in [2.24, 2.45) is 5.41 Å². The molecule has 4 atom stereocenters. The number of carbonyl (C=O) groups excluding carboxylic acids is 2. The van der Waals surface area contributed by atoms with Crippen LogP contribution in [0, 0.1) is 5.41 Å². The minimum Gasteiger partial charge on any atom is -0.324 e. The van der Waals surface area contributed by atoms with Crippen molar-refractivity contribution in [2.75, 3.05) is 16.9 Å². The van der Waals surface area contributed by atoms with Gasteiger partial charge in [0.05, 0.1) is 5.41 Å². The summed E-state index contributed by atoms with van der Waals surface area (Å²) < 4.78 is 1.01. The van der Waals surface area contributed by atoms with Gasteiger partial charge in [-0.3, -0.25) is 14.5 Å². The van der Waals surface area contributed by atoms with Gasteiger partial charge in [0.15, 0.2) is 5.78 Å². The highest BCUT2D eigenvalue weighted by atomic mass is 79.9. The van der Waals surface area contributed by atoms with Crippen LogP contribution in [0.5, 0.6) is 0 Å². The second-order valence-electron chi connectivity index (χ2n) is 9.41. The molecule has 0 bridgehead atoms. The molecule has 0 radical (unpaired) electrons. The van der Waals surface area contributed by atoms with E-state index in [0.29, 0.717) is 6.42 Å². The van der Waals surface area contributed by atoms with Crippen molar-refractivity contribution < 1.29 is 9.59 Å². The molecule has 0 saturated carbocycles. The average Bonchev–Trinajstić information content (AvgIpc) is 3.54. The molecule has 164 valence electrons. The predicted molar refractivity (Wildman–Crippen MR) is 133 cm³/mol. The molecule has 2 fully saturated rings. The summed E-state index contributed by atoms with van der Waals surface area (Å²) in [5.41, 5.74) is 2.81. The monoisotopic (exact) mass is 516 g/mol. The van der Waals surface area contributed by atoms with Gasteiger partial charge in [-0.25, -0.2) is 0 Å². The molecule has 0 unspecified atom stereocenters. The zero-order valence-corrected chi connectivity index (χ0v) is 20.2. The van der Waals surface area contributed by atoms with E-state index in [1.54, 1.807) is 0 Å². The van der Waals surface area contributed by atoms with Crippen LogP contribution in [0.4, 0.5) is 5.69 Å². The predicted octanol–water partition coefficient (Wildman–Crippen LogP) is 5.19. The summed E-state index contributed by atoms with van der Waals surface area (Å²) in [7, 11) is 0. The van der Waals surface area contributed by atoms with E-state index in [1.807, 2.05) is 48.2 Å². The Morgan fingerprint density at radius 1 is 0.970 bits per heavy atom. The van der Waals surface area contributed by atoms with Crippen LogP contribution in [0.15, 0.2) is 77.3 Å². The molecule has 2 spiro atoms. The Morgan fingerprint density at radius 2 is 1.73 bits per heavy atom. The van der Waals surface area contributed by atoms with E-state index in [4.69, 9.17) is 0 Å². The lowest BCUT2D eigenvalue weighted by molar-refractivity contribution is -0.130. The third-order valence-corrected chi connectivity index (χ3v) is 9.74. The van der Waals surface area contributed by atoms with Gasteiger partial charge < -0.3 is 5.32 Å². The standard InChI is InChI=1S/C27H21BrN2O2S/c28-18-11-9-16(10-12-18)23-22-14-33-15-30(22)27(20-7-3-4-8-21(20)29-25(27)32)26(23)13-17-5-1-2-6-19(17)24(26)31/h1-12,22-23H,13-15H2,(H,29,32)/t22-,23-,26-,27-/m0/s1. The molecular weight excluding hydrogens is 496 g/mol. The molecule has 0 aromatic heterocycles. The van der Waals surface area contributed by atoms with Crippen LogP contribution >= 0.6 is 27.7 Å². The van der Waals surface area contributed by atoms with Crippen molar-refractivity contribution in [1.82, 2.24) is 4.90 Å². The van der Waals surface area contributed by atoms with Gasteiger partial charge in [0.25, 0.3) is 5.91 Å². The Hall–Kier alpha value is -2.41. The SMILES string of the molecule is O=C1Nc2ccccc2[C@]12N1CSC[C@H]1[C@H](c1ccc(Br)cc1)[C@]21Cc2ccccc2C1=O. The number of carbonyl (C=O) groups is 2. The number of hydrogen-bond donors (Lipinski definition) is 1. The molecule has 1 aliphatic carbocycles. The van der Waals surface area contributed by atoms with Gasteiger partial charge in [0, 0.05) is 44.9 Å². The fourth-order valence-corrected chi connectivity index (χ4v) is 8.66. The summed E-state index contributed by atoms with van der Waals surface area (Å²) in [6.45, 7) is 0. The molecule has 3 aliphatic heterocycles. The number of halogens is 1. The van der Waals surface area contributed by atoms with Gasteiger partial charge in [-0.15, -0.1) is 11.8 Å². The zero-order valence-electron chi connectivity index (χ0n) is 17.8. The van der Waals surface area contributed by atoms with E-state index in [2.05, 4.69) is 62.5 Å². The first-order chi connectivity index (χ1) is 16.1. The topological polar surface area (TPSA) is 49.4 Å². The smallest absolute Gasteiger partial charge is 0.250 e. The van der Waals surface area contributed by atoms with Gasteiger partial charge >= 0.3 is 0 Å². The zero-order chi connectivity index (χ0) is 22.4. The Labute approximate surface area is 204 Å². The van der Waals surface area contributed by atoms with Crippen LogP contribution in [0.2, 0.25) is 0 Å². The fraction of sp³-hybridized carbons (Fsp3) is 0.259. The molecule has 1 amide bonds. The maximum Gasteiger partial charge on any atom is 0.250 e. The molecule has 1 N–H and O–H groups in total. The van der Waals surface area contributed by atoms with Crippen LogP contribution in [0.1, 0.15) is 33.0 Å². The summed E-state index contributed by atoms with van der Waals surface area (Å²) in [4.78, 5) is 31.1. The fourth-order valence-electron chi connectivity index (χ4n) is 7.10. The summed E-state index contributed by atoms with van der Waals surface area (Å²) >= 11 is 5.42. The number of anilines is 1. The van der Waals surface area contributed by atoms with Crippen LogP contribution in [0.3, 0.4) is 0 Å². The summed E-state index contributed by atoms with van der Waals surface area (Å²) in [5.74, 6) is 1.61. The number of nitrogens with one attached hydrogen (secondary N) is 1. The van der Waals surface area contributed by atoms with E-state index in [1.165, 1.54) is 0 Å². The van der Waals surface area contributed by atoms with Crippen molar-refractivity contribution in [1.29, 1.82) is 0 Å². The average molecular weight is 517 g/mol. The molecule has 2 saturated heterocycles. The Morgan fingerprint density at radius 3 is 2.55 bits per heavy atom. The minimum atomic E-state index is -1.02. The number of rotatable bonds is 1. The second-order valence-corrected chi connectivity index (χ2v) is 11.3. The lowest BCUT2D eigenvalue weighted by Gasteiger charge is -2.44. The molecule has 4 aliphatic rings. The minimum absolute atomic E-state index is 0.0584. The number of amides is 1. The van der Waals surface area contributed by atoms with Crippen molar-refractivity contribution in [2.45, 2.75) is 23.9 Å². The largest absolute Gasteiger partial charge is 0.324 e. The highest BCUT2D eigenvalue weighted by Crippen LogP contribution is 2.70. The number of benzene rings is 3. The van der Waals surface area contributed by atoms with Crippen LogP contribution in [-0.2, 0) is 16.8 Å². The number of para-hydroxylation sites is 1. The number of thioether (sulfide) groups is 1. The Kier molecular flexibility index (Phi) is 4.13. The number of fused-ring (bicyclic) bond motifs is 6. The lowest BCUT2D eigenvalue weighted by Crippen LogP contribution is -2.58. The Balaban J connectivity index is 1.58. The summed E-state index contributed by atoms with van der Waals surface area (Å²) in [6, 6.07) is 24.4. The first-order valence-corrected chi connectivity index (χ1v) is 13.2. The molecule has 6 heteroatoms. The second kappa shape index (κ2) is 6.81. The van der Waals surface area contributed by atoms with Crippen LogP contribution in [-0.4, -0.2) is 34.3 Å². The summed E-state index contributed by atoms with van der Waals surface area (Å²) in [5, 5.41) is 3.17. The molecule has 7 rings (SSSR count).